The smallest absolute Gasteiger partial charge is 0.120 e. The fourth-order valence-corrected chi connectivity index (χ4v) is 2.13. The molecule has 0 aromatic heterocycles. The van der Waals surface area contributed by atoms with E-state index >= 15 is 0 Å². The Kier molecular flexibility index (Phi) is 4.26. The lowest BCUT2D eigenvalue weighted by Gasteiger charge is -2.09. The summed E-state index contributed by atoms with van der Waals surface area (Å²) in [5, 5.41) is 0. The lowest BCUT2D eigenvalue weighted by Crippen LogP contribution is -1.97. The van der Waals surface area contributed by atoms with Crippen molar-refractivity contribution in [2.24, 2.45) is 0 Å². The minimum atomic E-state index is 0.575. The second-order valence-electron chi connectivity index (χ2n) is 4.04. The van der Waals surface area contributed by atoms with E-state index in [0.717, 1.165) is 16.0 Å². The molecule has 0 aliphatic heterocycles. The van der Waals surface area contributed by atoms with Gasteiger partial charge in [0.25, 0.3) is 0 Å². The zero-order valence-corrected chi connectivity index (χ0v) is 12.0. The molecule has 0 atom stereocenters. The molecule has 18 heavy (non-hydrogen) atoms. The Balaban J connectivity index is 2.02. The van der Waals surface area contributed by atoms with Crippen LogP contribution in [-0.4, -0.2) is 7.11 Å². The van der Waals surface area contributed by atoms with Gasteiger partial charge in [0, 0.05) is 4.47 Å². The van der Waals surface area contributed by atoms with Gasteiger partial charge in [0.2, 0.25) is 0 Å². The molecule has 2 aromatic carbocycles. The van der Waals surface area contributed by atoms with Gasteiger partial charge in [-0.15, -0.1) is 0 Å². The first-order chi connectivity index (χ1) is 8.69. The van der Waals surface area contributed by atoms with Crippen LogP contribution in [0.5, 0.6) is 11.5 Å². The number of hydrogen-bond acceptors (Lipinski definition) is 2. The fraction of sp³-hybridized carbons (Fsp3) is 0.200. The van der Waals surface area contributed by atoms with Crippen molar-refractivity contribution in [2.45, 2.75) is 13.5 Å². The van der Waals surface area contributed by atoms with Gasteiger partial charge >= 0.3 is 0 Å². The summed E-state index contributed by atoms with van der Waals surface area (Å²) < 4.78 is 11.9. The lowest BCUT2D eigenvalue weighted by molar-refractivity contribution is 0.304. The quantitative estimate of drug-likeness (QED) is 0.836. The molecule has 0 unspecified atom stereocenters. The Morgan fingerprint density at radius 3 is 2.28 bits per heavy atom. The summed E-state index contributed by atoms with van der Waals surface area (Å²) in [5.41, 5.74) is 2.41. The zero-order valence-electron chi connectivity index (χ0n) is 10.4. The number of benzene rings is 2. The molecule has 3 heteroatoms. The summed E-state index contributed by atoms with van der Waals surface area (Å²) in [6.07, 6.45) is 0. The molecule has 0 fully saturated rings. The van der Waals surface area contributed by atoms with Gasteiger partial charge in [0.15, 0.2) is 0 Å². The van der Waals surface area contributed by atoms with Crippen LogP contribution in [0.25, 0.3) is 0 Å². The third-order valence-corrected chi connectivity index (χ3v) is 3.25. The van der Waals surface area contributed by atoms with Crippen molar-refractivity contribution in [3.63, 3.8) is 0 Å². The summed E-state index contributed by atoms with van der Waals surface area (Å²) >= 11 is 3.45. The van der Waals surface area contributed by atoms with Crippen LogP contribution in [0.2, 0.25) is 0 Å². The molecule has 0 aliphatic rings. The maximum absolute atomic E-state index is 5.74. The highest BCUT2D eigenvalue weighted by Gasteiger charge is 2.01. The van der Waals surface area contributed by atoms with Crippen molar-refractivity contribution in [1.82, 2.24) is 0 Å². The van der Waals surface area contributed by atoms with E-state index in [9.17, 15) is 0 Å². The molecule has 94 valence electrons. The SMILES string of the molecule is COc1ccc(OCc2ccc(Br)cc2C)cc1. The zero-order chi connectivity index (χ0) is 13.0. The molecule has 0 amide bonds. The lowest BCUT2D eigenvalue weighted by atomic mass is 10.1. The minimum Gasteiger partial charge on any atom is -0.497 e. The number of halogens is 1. The van der Waals surface area contributed by atoms with E-state index in [2.05, 4.69) is 35.0 Å². The second kappa shape index (κ2) is 5.91. The van der Waals surface area contributed by atoms with Crippen molar-refractivity contribution in [3.8, 4) is 11.5 Å². The molecule has 0 spiro atoms. The molecule has 0 saturated carbocycles. The van der Waals surface area contributed by atoms with Gasteiger partial charge in [-0.25, -0.2) is 0 Å². The summed E-state index contributed by atoms with van der Waals surface area (Å²) in [5.74, 6) is 1.68. The summed E-state index contributed by atoms with van der Waals surface area (Å²) in [7, 11) is 1.65. The van der Waals surface area contributed by atoms with Gasteiger partial charge in [-0.3, -0.25) is 0 Å². The van der Waals surface area contributed by atoms with Crippen LogP contribution in [-0.2, 0) is 6.61 Å². The molecule has 0 aliphatic carbocycles. The first-order valence-corrected chi connectivity index (χ1v) is 6.50. The van der Waals surface area contributed by atoms with Crippen molar-refractivity contribution < 1.29 is 9.47 Å². The maximum atomic E-state index is 5.74. The normalized spacial score (nSPS) is 10.2. The first-order valence-electron chi connectivity index (χ1n) is 5.71. The van der Waals surface area contributed by atoms with E-state index < -0.39 is 0 Å². The van der Waals surface area contributed by atoms with E-state index in [-0.39, 0.29) is 0 Å². The Bertz CT molecular complexity index is 521. The van der Waals surface area contributed by atoms with Gasteiger partial charge < -0.3 is 9.47 Å². The van der Waals surface area contributed by atoms with Crippen molar-refractivity contribution in [1.29, 1.82) is 0 Å². The molecule has 0 N–H and O–H groups in total. The fourth-order valence-electron chi connectivity index (χ4n) is 1.65. The molecule has 0 saturated heterocycles. The van der Waals surface area contributed by atoms with Gasteiger partial charge in [0.05, 0.1) is 7.11 Å². The van der Waals surface area contributed by atoms with Crippen molar-refractivity contribution in [3.05, 3.63) is 58.1 Å². The second-order valence-corrected chi connectivity index (χ2v) is 4.95. The predicted octanol–water partition coefficient (Wildman–Crippen LogP) is 4.35. The summed E-state index contributed by atoms with van der Waals surface area (Å²) in [6.45, 7) is 2.66. The first kappa shape index (κ1) is 13.0. The Labute approximate surface area is 116 Å². The monoisotopic (exact) mass is 306 g/mol. The van der Waals surface area contributed by atoms with E-state index in [1.54, 1.807) is 7.11 Å². The molecule has 2 nitrogen and oxygen atoms in total. The molecular formula is C15H15BrO2. The Morgan fingerprint density at radius 2 is 1.67 bits per heavy atom. The summed E-state index contributed by atoms with van der Waals surface area (Å²) in [6, 6.07) is 13.8. The highest BCUT2D eigenvalue weighted by molar-refractivity contribution is 9.10. The maximum Gasteiger partial charge on any atom is 0.120 e. The Hall–Kier alpha value is -1.48. The number of hydrogen-bond donors (Lipinski definition) is 0. The van der Waals surface area contributed by atoms with Crippen molar-refractivity contribution in [2.75, 3.05) is 7.11 Å². The third kappa shape index (κ3) is 3.26. The highest BCUT2D eigenvalue weighted by atomic mass is 79.9. The Morgan fingerprint density at radius 1 is 1.00 bits per heavy atom. The largest absolute Gasteiger partial charge is 0.497 e. The number of aryl methyl sites for hydroxylation is 1. The highest BCUT2D eigenvalue weighted by Crippen LogP contribution is 2.20. The van der Waals surface area contributed by atoms with Crippen molar-refractivity contribution >= 4 is 15.9 Å². The van der Waals surface area contributed by atoms with E-state index in [1.807, 2.05) is 30.3 Å². The van der Waals surface area contributed by atoms with Crippen LogP contribution in [0.4, 0.5) is 0 Å². The van der Waals surface area contributed by atoms with Crippen LogP contribution in [0.15, 0.2) is 46.9 Å². The minimum absolute atomic E-state index is 0.575. The molecule has 2 aromatic rings. The van der Waals surface area contributed by atoms with E-state index in [4.69, 9.17) is 9.47 Å². The van der Waals surface area contributed by atoms with Gasteiger partial charge in [-0.1, -0.05) is 22.0 Å². The van der Waals surface area contributed by atoms with Gasteiger partial charge in [-0.2, -0.15) is 0 Å². The van der Waals surface area contributed by atoms with Crippen LogP contribution in [0.1, 0.15) is 11.1 Å². The van der Waals surface area contributed by atoms with Gasteiger partial charge in [0.1, 0.15) is 18.1 Å². The summed E-state index contributed by atoms with van der Waals surface area (Å²) in [4.78, 5) is 0. The van der Waals surface area contributed by atoms with Crippen LogP contribution in [0, 0.1) is 6.92 Å². The average molecular weight is 307 g/mol. The predicted molar refractivity (Wildman–Crippen MR) is 76.2 cm³/mol. The van der Waals surface area contributed by atoms with Gasteiger partial charge in [-0.05, 0) is 54.4 Å². The number of ether oxygens (including phenoxy) is 2. The van der Waals surface area contributed by atoms with E-state index in [1.165, 1.54) is 11.1 Å². The molecule has 0 radical (unpaired) electrons. The van der Waals surface area contributed by atoms with Crippen LogP contribution >= 0.6 is 15.9 Å². The van der Waals surface area contributed by atoms with Crippen LogP contribution in [0.3, 0.4) is 0 Å². The van der Waals surface area contributed by atoms with E-state index in [0.29, 0.717) is 6.61 Å². The third-order valence-electron chi connectivity index (χ3n) is 2.76. The van der Waals surface area contributed by atoms with Crippen LogP contribution < -0.4 is 9.47 Å². The number of rotatable bonds is 4. The molecule has 2 rings (SSSR count). The molecule has 0 bridgehead atoms. The standard InChI is InChI=1S/C15H15BrO2/c1-11-9-13(16)4-3-12(11)10-18-15-7-5-14(17-2)6-8-15/h3-9H,10H2,1-2H3. The number of methoxy groups -OCH3 is 1. The topological polar surface area (TPSA) is 18.5 Å². The average Bonchev–Trinajstić information content (AvgIpc) is 2.38. The molecule has 0 heterocycles. The molecular weight excluding hydrogens is 292 g/mol.